The van der Waals surface area contributed by atoms with Gasteiger partial charge < -0.3 is 19.5 Å². The van der Waals surface area contributed by atoms with Gasteiger partial charge in [-0.1, -0.05) is 24.3 Å². The highest BCUT2D eigenvalue weighted by Crippen LogP contribution is 2.28. The van der Waals surface area contributed by atoms with Gasteiger partial charge in [0.25, 0.3) is 5.91 Å². The molecule has 0 heterocycles. The van der Waals surface area contributed by atoms with Crippen LogP contribution in [0.2, 0.25) is 0 Å². The van der Waals surface area contributed by atoms with E-state index in [1.165, 1.54) is 0 Å². The Balaban J connectivity index is 2.00. The summed E-state index contributed by atoms with van der Waals surface area (Å²) in [6, 6.07) is 13.1. The Labute approximate surface area is 142 Å². The number of hydrogen-bond acceptors (Lipinski definition) is 4. The molecule has 5 heteroatoms. The highest BCUT2D eigenvalue weighted by atomic mass is 16.5. The van der Waals surface area contributed by atoms with Crippen LogP contribution in [0.4, 0.5) is 0 Å². The molecule has 2 aromatic carbocycles. The minimum absolute atomic E-state index is 0.153. The molecule has 1 amide bonds. The molecular formula is C19H23NO4. The number of amides is 1. The van der Waals surface area contributed by atoms with E-state index in [9.17, 15) is 4.79 Å². The highest BCUT2D eigenvalue weighted by molar-refractivity contribution is 5.94. The quantitative estimate of drug-likeness (QED) is 0.808. The van der Waals surface area contributed by atoms with E-state index >= 15 is 0 Å². The van der Waals surface area contributed by atoms with Crippen LogP contribution >= 0.6 is 0 Å². The number of carbonyl (C=O) groups is 1. The SMILES string of the molecule is CCOc1cc(C(=O)NCc2ccc(COC)cc2)ccc1OC. The van der Waals surface area contributed by atoms with Crippen LogP contribution in [0.3, 0.4) is 0 Å². The van der Waals surface area contributed by atoms with Gasteiger partial charge in [-0.15, -0.1) is 0 Å². The Kier molecular flexibility index (Phi) is 6.63. The van der Waals surface area contributed by atoms with Gasteiger partial charge in [0, 0.05) is 19.2 Å². The molecule has 0 aliphatic heterocycles. The Hall–Kier alpha value is -2.53. The molecule has 0 fully saturated rings. The van der Waals surface area contributed by atoms with Crippen LogP contribution in [-0.4, -0.2) is 26.7 Å². The lowest BCUT2D eigenvalue weighted by Gasteiger charge is -2.11. The van der Waals surface area contributed by atoms with E-state index in [1.54, 1.807) is 32.4 Å². The molecule has 24 heavy (non-hydrogen) atoms. The van der Waals surface area contributed by atoms with E-state index in [2.05, 4.69) is 5.32 Å². The topological polar surface area (TPSA) is 56.8 Å². The predicted octanol–water partition coefficient (Wildman–Crippen LogP) is 3.17. The molecule has 2 rings (SSSR count). The van der Waals surface area contributed by atoms with Gasteiger partial charge in [-0.05, 0) is 36.2 Å². The molecule has 0 saturated carbocycles. The first kappa shape index (κ1) is 17.8. The number of ether oxygens (including phenoxy) is 3. The lowest BCUT2D eigenvalue weighted by molar-refractivity contribution is 0.0950. The average Bonchev–Trinajstić information content (AvgIpc) is 2.61. The van der Waals surface area contributed by atoms with Crippen LogP contribution in [0.5, 0.6) is 11.5 Å². The van der Waals surface area contributed by atoms with Crippen LogP contribution in [0.15, 0.2) is 42.5 Å². The van der Waals surface area contributed by atoms with Gasteiger partial charge in [-0.2, -0.15) is 0 Å². The second kappa shape index (κ2) is 8.93. The standard InChI is InChI=1S/C19H23NO4/c1-4-24-18-11-16(9-10-17(18)23-3)19(21)20-12-14-5-7-15(8-6-14)13-22-2/h5-11H,4,12-13H2,1-3H3,(H,20,21). The summed E-state index contributed by atoms with van der Waals surface area (Å²) in [6.45, 7) is 3.44. The first-order valence-corrected chi connectivity index (χ1v) is 7.83. The molecule has 0 aliphatic carbocycles. The van der Waals surface area contributed by atoms with Crippen molar-refractivity contribution in [2.24, 2.45) is 0 Å². The van der Waals surface area contributed by atoms with Gasteiger partial charge in [0.05, 0.1) is 20.3 Å². The lowest BCUT2D eigenvalue weighted by atomic mass is 10.1. The Morgan fingerprint density at radius 2 is 1.71 bits per heavy atom. The monoisotopic (exact) mass is 329 g/mol. The fraction of sp³-hybridized carbons (Fsp3) is 0.316. The van der Waals surface area contributed by atoms with Crippen molar-refractivity contribution >= 4 is 5.91 Å². The molecule has 0 spiro atoms. The number of nitrogens with one attached hydrogen (secondary N) is 1. The molecule has 2 aromatic rings. The van der Waals surface area contributed by atoms with E-state index < -0.39 is 0 Å². The molecule has 0 unspecified atom stereocenters. The van der Waals surface area contributed by atoms with E-state index in [1.807, 2.05) is 31.2 Å². The second-order valence-corrected chi connectivity index (χ2v) is 5.23. The maximum absolute atomic E-state index is 12.3. The molecule has 0 saturated heterocycles. The van der Waals surface area contributed by atoms with Gasteiger partial charge in [-0.25, -0.2) is 0 Å². The fourth-order valence-electron chi connectivity index (χ4n) is 2.29. The molecule has 1 N–H and O–H groups in total. The third-order valence-electron chi connectivity index (χ3n) is 3.51. The molecule has 128 valence electrons. The van der Waals surface area contributed by atoms with E-state index in [0.717, 1.165) is 11.1 Å². The number of rotatable bonds is 8. The van der Waals surface area contributed by atoms with Crippen LogP contribution in [0.1, 0.15) is 28.4 Å². The van der Waals surface area contributed by atoms with Gasteiger partial charge >= 0.3 is 0 Å². The number of benzene rings is 2. The molecule has 5 nitrogen and oxygen atoms in total. The van der Waals surface area contributed by atoms with Crippen molar-refractivity contribution in [2.45, 2.75) is 20.1 Å². The highest BCUT2D eigenvalue weighted by Gasteiger charge is 2.11. The summed E-state index contributed by atoms with van der Waals surface area (Å²) in [7, 11) is 3.24. The van der Waals surface area contributed by atoms with Gasteiger partial charge in [-0.3, -0.25) is 4.79 Å². The zero-order valence-electron chi connectivity index (χ0n) is 14.3. The van der Waals surface area contributed by atoms with Crippen molar-refractivity contribution in [2.75, 3.05) is 20.8 Å². The Morgan fingerprint density at radius 1 is 1.00 bits per heavy atom. The van der Waals surface area contributed by atoms with Crippen molar-refractivity contribution < 1.29 is 19.0 Å². The van der Waals surface area contributed by atoms with E-state index in [-0.39, 0.29) is 5.91 Å². The zero-order valence-corrected chi connectivity index (χ0v) is 14.3. The van der Waals surface area contributed by atoms with Gasteiger partial charge in [0.1, 0.15) is 0 Å². The van der Waals surface area contributed by atoms with Crippen molar-refractivity contribution in [3.05, 3.63) is 59.2 Å². The predicted molar refractivity (Wildman–Crippen MR) is 92.5 cm³/mol. The molecule has 0 aliphatic rings. The van der Waals surface area contributed by atoms with Crippen molar-refractivity contribution in [3.63, 3.8) is 0 Å². The smallest absolute Gasteiger partial charge is 0.251 e. The number of hydrogen-bond donors (Lipinski definition) is 1. The molecule has 0 atom stereocenters. The normalized spacial score (nSPS) is 10.3. The molecular weight excluding hydrogens is 306 g/mol. The second-order valence-electron chi connectivity index (χ2n) is 5.23. The minimum atomic E-state index is -0.153. The summed E-state index contributed by atoms with van der Waals surface area (Å²) >= 11 is 0. The number of methoxy groups -OCH3 is 2. The Bertz CT molecular complexity index is 668. The fourth-order valence-corrected chi connectivity index (χ4v) is 2.29. The summed E-state index contributed by atoms with van der Waals surface area (Å²) in [5.74, 6) is 1.03. The van der Waals surface area contributed by atoms with Crippen LogP contribution in [-0.2, 0) is 17.9 Å². The third-order valence-corrected chi connectivity index (χ3v) is 3.51. The summed E-state index contributed by atoms with van der Waals surface area (Å²) in [5, 5.41) is 2.91. The maximum Gasteiger partial charge on any atom is 0.251 e. The first-order chi connectivity index (χ1) is 11.7. The minimum Gasteiger partial charge on any atom is -0.493 e. The summed E-state index contributed by atoms with van der Waals surface area (Å²) in [6.07, 6.45) is 0. The summed E-state index contributed by atoms with van der Waals surface area (Å²) < 4.78 is 15.8. The molecule has 0 aromatic heterocycles. The van der Waals surface area contributed by atoms with Crippen molar-refractivity contribution in [3.8, 4) is 11.5 Å². The number of carbonyl (C=O) groups excluding carboxylic acids is 1. The van der Waals surface area contributed by atoms with Crippen molar-refractivity contribution in [1.29, 1.82) is 0 Å². The Morgan fingerprint density at radius 3 is 2.33 bits per heavy atom. The summed E-state index contributed by atoms with van der Waals surface area (Å²) in [4.78, 5) is 12.3. The van der Waals surface area contributed by atoms with Gasteiger partial charge in [0.15, 0.2) is 11.5 Å². The van der Waals surface area contributed by atoms with E-state index in [4.69, 9.17) is 14.2 Å². The zero-order chi connectivity index (χ0) is 17.4. The van der Waals surface area contributed by atoms with E-state index in [0.29, 0.717) is 36.8 Å². The van der Waals surface area contributed by atoms with Gasteiger partial charge in [0.2, 0.25) is 0 Å². The third kappa shape index (κ3) is 4.73. The van der Waals surface area contributed by atoms with Crippen molar-refractivity contribution in [1.82, 2.24) is 5.32 Å². The lowest BCUT2D eigenvalue weighted by Crippen LogP contribution is -2.22. The largest absolute Gasteiger partial charge is 0.493 e. The van der Waals surface area contributed by atoms with Crippen LogP contribution < -0.4 is 14.8 Å². The first-order valence-electron chi connectivity index (χ1n) is 7.83. The van der Waals surface area contributed by atoms with Crippen LogP contribution in [0.25, 0.3) is 0 Å². The van der Waals surface area contributed by atoms with Crippen LogP contribution in [0, 0.1) is 0 Å². The molecule has 0 bridgehead atoms. The average molecular weight is 329 g/mol. The maximum atomic E-state index is 12.3. The molecule has 0 radical (unpaired) electrons. The summed E-state index contributed by atoms with van der Waals surface area (Å²) in [5.41, 5.74) is 2.67.